The lowest BCUT2D eigenvalue weighted by Gasteiger charge is -1.96. The molecule has 0 unspecified atom stereocenters. The fraction of sp³-hybridized carbons (Fsp3) is 0. The summed E-state index contributed by atoms with van der Waals surface area (Å²) in [4.78, 5) is 24.3. The van der Waals surface area contributed by atoms with Gasteiger partial charge in [-0.25, -0.2) is 5.43 Å². The van der Waals surface area contributed by atoms with E-state index < -0.39 is 4.92 Å². The third kappa shape index (κ3) is 3.25. The van der Waals surface area contributed by atoms with Gasteiger partial charge in [0.1, 0.15) is 5.69 Å². The number of amides is 1. The Morgan fingerprint density at radius 1 is 1.37 bits per heavy atom. The first-order valence-electron chi connectivity index (χ1n) is 5.38. The minimum atomic E-state index is -0.491. The molecular formula is C12H10N4O3. The van der Waals surface area contributed by atoms with Crippen molar-refractivity contribution in [3.8, 4) is 0 Å². The van der Waals surface area contributed by atoms with E-state index in [0.717, 1.165) is 0 Å². The molecule has 1 aromatic carbocycles. The molecule has 2 N–H and O–H groups in total. The normalized spacial score (nSPS) is 10.5. The first-order chi connectivity index (χ1) is 9.16. The summed E-state index contributed by atoms with van der Waals surface area (Å²) < 4.78 is 0. The molecule has 2 aromatic rings. The molecule has 96 valence electrons. The standard InChI is InChI=1S/C12H10N4O3/c17-12(11-5-2-6-13-11)15-14-8-9-3-1-4-10(7-9)16(18)19/h1-8,13H,(H,15,17)/b14-8-. The van der Waals surface area contributed by atoms with Crippen molar-refractivity contribution in [2.24, 2.45) is 5.10 Å². The summed E-state index contributed by atoms with van der Waals surface area (Å²) in [6, 6.07) is 9.25. The lowest BCUT2D eigenvalue weighted by Crippen LogP contribution is -2.17. The highest BCUT2D eigenvalue weighted by atomic mass is 16.6. The largest absolute Gasteiger partial charge is 0.357 e. The summed E-state index contributed by atoms with van der Waals surface area (Å²) in [7, 11) is 0. The number of nitro benzene ring substituents is 1. The quantitative estimate of drug-likeness (QED) is 0.495. The summed E-state index contributed by atoms with van der Waals surface area (Å²) in [5.41, 5.74) is 3.20. The van der Waals surface area contributed by atoms with Crippen molar-refractivity contribution in [1.82, 2.24) is 10.4 Å². The molecule has 0 saturated heterocycles. The number of carbonyl (C=O) groups is 1. The summed E-state index contributed by atoms with van der Waals surface area (Å²) >= 11 is 0. The Hall–Kier alpha value is -2.96. The molecule has 0 fully saturated rings. The Morgan fingerprint density at radius 3 is 2.89 bits per heavy atom. The Balaban J connectivity index is 2.01. The summed E-state index contributed by atoms with van der Waals surface area (Å²) in [5.74, 6) is -0.383. The van der Waals surface area contributed by atoms with E-state index in [2.05, 4.69) is 15.5 Å². The first-order valence-corrected chi connectivity index (χ1v) is 5.38. The van der Waals surface area contributed by atoms with Crippen LogP contribution in [-0.2, 0) is 0 Å². The zero-order valence-electron chi connectivity index (χ0n) is 9.74. The van der Waals surface area contributed by atoms with Crippen molar-refractivity contribution in [3.05, 3.63) is 64.0 Å². The van der Waals surface area contributed by atoms with Crippen LogP contribution >= 0.6 is 0 Å². The van der Waals surface area contributed by atoms with Gasteiger partial charge in [-0.3, -0.25) is 14.9 Å². The number of nitrogens with one attached hydrogen (secondary N) is 2. The summed E-state index contributed by atoms with van der Waals surface area (Å²) in [6.07, 6.45) is 2.97. The van der Waals surface area contributed by atoms with E-state index in [9.17, 15) is 14.9 Å². The zero-order valence-corrected chi connectivity index (χ0v) is 9.74. The number of hydrogen-bond acceptors (Lipinski definition) is 4. The molecule has 1 heterocycles. The van der Waals surface area contributed by atoms with Crippen LogP contribution in [-0.4, -0.2) is 22.0 Å². The van der Waals surface area contributed by atoms with Gasteiger partial charge in [0.15, 0.2) is 0 Å². The van der Waals surface area contributed by atoms with Gasteiger partial charge >= 0.3 is 0 Å². The van der Waals surface area contributed by atoms with Gasteiger partial charge in [-0.05, 0) is 12.1 Å². The Labute approximate surface area is 108 Å². The lowest BCUT2D eigenvalue weighted by molar-refractivity contribution is -0.384. The number of hydrazone groups is 1. The molecule has 2 rings (SSSR count). The number of hydrogen-bond donors (Lipinski definition) is 2. The van der Waals surface area contributed by atoms with Crippen LogP contribution in [0.15, 0.2) is 47.7 Å². The van der Waals surface area contributed by atoms with E-state index in [4.69, 9.17) is 0 Å². The van der Waals surface area contributed by atoms with E-state index in [1.165, 1.54) is 18.3 Å². The van der Waals surface area contributed by atoms with Crippen molar-refractivity contribution < 1.29 is 9.72 Å². The Morgan fingerprint density at radius 2 is 2.21 bits per heavy atom. The van der Waals surface area contributed by atoms with Crippen LogP contribution in [0, 0.1) is 10.1 Å². The second-order valence-electron chi connectivity index (χ2n) is 3.64. The third-order valence-corrected chi connectivity index (χ3v) is 2.30. The second kappa shape index (κ2) is 5.58. The minimum Gasteiger partial charge on any atom is -0.357 e. The molecule has 19 heavy (non-hydrogen) atoms. The van der Waals surface area contributed by atoms with Crippen LogP contribution in [0.3, 0.4) is 0 Å². The number of benzene rings is 1. The van der Waals surface area contributed by atoms with Crippen LogP contribution in [0.4, 0.5) is 5.69 Å². The Kier molecular flexibility index (Phi) is 3.67. The number of carbonyl (C=O) groups excluding carboxylic acids is 1. The van der Waals surface area contributed by atoms with E-state index in [1.807, 2.05) is 0 Å². The minimum absolute atomic E-state index is 0.0281. The van der Waals surface area contributed by atoms with Crippen molar-refractivity contribution in [1.29, 1.82) is 0 Å². The van der Waals surface area contributed by atoms with Crippen LogP contribution in [0.1, 0.15) is 16.1 Å². The van der Waals surface area contributed by atoms with Crippen molar-refractivity contribution in [2.75, 3.05) is 0 Å². The van der Waals surface area contributed by atoms with Gasteiger partial charge in [0.2, 0.25) is 0 Å². The molecule has 0 aliphatic carbocycles. The fourth-order valence-electron chi connectivity index (χ4n) is 1.42. The maximum absolute atomic E-state index is 11.5. The monoisotopic (exact) mass is 258 g/mol. The number of nitro groups is 1. The topological polar surface area (TPSA) is 100 Å². The van der Waals surface area contributed by atoms with E-state index >= 15 is 0 Å². The number of non-ortho nitro benzene ring substituents is 1. The van der Waals surface area contributed by atoms with Gasteiger partial charge in [-0.2, -0.15) is 5.10 Å². The van der Waals surface area contributed by atoms with Crippen molar-refractivity contribution >= 4 is 17.8 Å². The second-order valence-corrected chi connectivity index (χ2v) is 3.64. The lowest BCUT2D eigenvalue weighted by atomic mass is 10.2. The maximum Gasteiger partial charge on any atom is 0.287 e. The molecule has 1 aromatic heterocycles. The molecule has 0 saturated carbocycles. The zero-order chi connectivity index (χ0) is 13.7. The first kappa shape index (κ1) is 12.5. The molecule has 0 atom stereocenters. The molecule has 1 amide bonds. The van der Waals surface area contributed by atoms with Crippen molar-refractivity contribution in [3.63, 3.8) is 0 Å². The molecule has 0 aliphatic heterocycles. The third-order valence-electron chi connectivity index (χ3n) is 2.30. The average molecular weight is 258 g/mol. The van der Waals surface area contributed by atoms with Crippen LogP contribution in [0.5, 0.6) is 0 Å². The number of aromatic nitrogens is 1. The SMILES string of the molecule is O=C(N/N=C\c1cccc([N+](=O)[O-])c1)c1ccc[nH]1. The highest BCUT2D eigenvalue weighted by Gasteiger charge is 2.05. The van der Waals surface area contributed by atoms with Gasteiger partial charge in [0.05, 0.1) is 11.1 Å². The Bertz CT molecular complexity index is 620. The highest BCUT2D eigenvalue weighted by molar-refractivity contribution is 5.93. The molecule has 0 radical (unpaired) electrons. The summed E-state index contributed by atoms with van der Waals surface area (Å²) in [5, 5.41) is 14.3. The van der Waals surface area contributed by atoms with Crippen LogP contribution in [0.2, 0.25) is 0 Å². The predicted octanol–water partition coefficient (Wildman–Crippen LogP) is 1.69. The van der Waals surface area contributed by atoms with Crippen molar-refractivity contribution in [2.45, 2.75) is 0 Å². The van der Waals surface area contributed by atoms with Crippen LogP contribution in [0.25, 0.3) is 0 Å². The molecule has 0 aliphatic rings. The number of rotatable bonds is 4. The number of aromatic amines is 1. The number of H-pyrrole nitrogens is 1. The molecule has 0 bridgehead atoms. The highest BCUT2D eigenvalue weighted by Crippen LogP contribution is 2.11. The molecule has 0 spiro atoms. The maximum atomic E-state index is 11.5. The predicted molar refractivity (Wildman–Crippen MR) is 68.9 cm³/mol. The molecule has 7 heteroatoms. The van der Waals surface area contributed by atoms with Gasteiger partial charge in [0, 0.05) is 23.9 Å². The summed E-state index contributed by atoms with van der Waals surface area (Å²) in [6.45, 7) is 0. The average Bonchev–Trinajstić information content (AvgIpc) is 2.93. The van der Waals surface area contributed by atoms with Gasteiger partial charge in [-0.15, -0.1) is 0 Å². The number of nitrogens with zero attached hydrogens (tertiary/aromatic N) is 2. The smallest absolute Gasteiger partial charge is 0.287 e. The van der Waals surface area contributed by atoms with E-state index in [0.29, 0.717) is 11.3 Å². The molecular weight excluding hydrogens is 248 g/mol. The van der Waals surface area contributed by atoms with Gasteiger partial charge < -0.3 is 4.98 Å². The van der Waals surface area contributed by atoms with Gasteiger partial charge in [-0.1, -0.05) is 12.1 Å². The van der Waals surface area contributed by atoms with E-state index in [1.54, 1.807) is 30.5 Å². The molecule has 7 nitrogen and oxygen atoms in total. The van der Waals surface area contributed by atoms with Crippen LogP contribution < -0.4 is 5.43 Å². The van der Waals surface area contributed by atoms with Gasteiger partial charge in [0.25, 0.3) is 11.6 Å². The van der Waals surface area contributed by atoms with E-state index in [-0.39, 0.29) is 11.6 Å². The fourth-order valence-corrected chi connectivity index (χ4v) is 1.42.